The zero-order valence-corrected chi connectivity index (χ0v) is 9.36. The van der Waals surface area contributed by atoms with Gasteiger partial charge in [-0.05, 0) is 32.9 Å². The third-order valence-corrected chi connectivity index (χ3v) is 1.63. The van der Waals surface area contributed by atoms with Crippen molar-refractivity contribution in [1.29, 1.82) is 0 Å². The first-order chi connectivity index (χ1) is 6.97. The fraction of sp³-hybridized carbons (Fsp3) is 0.545. The van der Waals surface area contributed by atoms with Crippen molar-refractivity contribution in [3.05, 3.63) is 24.0 Å². The Balaban J connectivity index is 2.35. The van der Waals surface area contributed by atoms with Crippen LogP contribution in [0.4, 0.5) is 0 Å². The van der Waals surface area contributed by atoms with E-state index in [1.165, 1.54) is 0 Å². The summed E-state index contributed by atoms with van der Waals surface area (Å²) in [7, 11) is 0. The molecule has 1 rings (SSSR count). The van der Waals surface area contributed by atoms with Crippen LogP contribution in [0.5, 0.6) is 0 Å². The molecule has 4 heteroatoms. The molecule has 0 aliphatic rings. The molecule has 0 saturated heterocycles. The first-order valence-corrected chi connectivity index (χ1v) is 4.96. The molecule has 1 heterocycles. The average Bonchev–Trinajstić information content (AvgIpc) is 2.14. The molecule has 0 fully saturated rings. The third-order valence-electron chi connectivity index (χ3n) is 1.63. The number of aryl methyl sites for hydroxylation is 1. The van der Waals surface area contributed by atoms with E-state index >= 15 is 0 Å². The van der Waals surface area contributed by atoms with E-state index in [-0.39, 0.29) is 5.97 Å². The molecule has 1 aromatic rings. The molecule has 0 radical (unpaired) electrons. The normalized spacial score (nSPS) is 11.1. The molecule has 0 aromatic carbocycles. The minimum atomic E-state index is -0.417. The number of nitrogens with zero attached hydrogens (tertiary/aromatic N) is 2. The number of carbonyl (C=O) groups excluding carboxylic acids is 1. The second-order valence-electron chi connectivity index (χ2n) is 4.30. The second-order valence-corrected chi connectivity index (χ2v) is 4.30. The predicted molar refractivity (Wildman–Crippen MR) is 56.2 cm³/mol. The van der Waals surface area contributed by atoms with Gasteiger partial charge in [-0.1, -0.05) is 0 Å². The van der Waals surface area contributed by atoms with Crippen molar-refractivity contribution >= 4 is 5.97 Å². The number of hydrogen-bond acceptors (Lipinski definition) is 4. The Labute approximate surface area is 89.7 Å². The molecule has 1 aromatic heterocycles. The lowest BCUT2D eigenvalue weighted by Gasteiger charge is -2.19. The third kappa shape index (κ3) is 5.10. The molecule has 0 atom stereocenters. The quantitative estimate of drug-likeness (QED) is 0.710. The highest BCUT2D eigenvalue weighted by molar-refractivity contribution is 5.70. The fourth-order valence-electron chi connectivity index (χ4n) is 1.09. The monoisotopic (exact) mass is 208 g/mol. The van der Waals surface area contributed by atoms with E-state index in [4.69, 9.17) is 4.74 Å². The van der Waals surface area contributed by atoms with Crippen molar-refractivity contribution in [1.82, 2.24) is 10.2 Å². The van der Waals surface area contributed by atoms with E-state index in [2.05, 4.69) is 10.2 Å². The van der Waals surface area contributed by atoms with Crippen LogP contribution >= 0.6 is 0 Å². The van der Waals surface area contributed by atoms with Gasteiger partial charge < -0.3 is 4.74 Å². The lowest BCUT2D eigenvalue weighted by molar-refractivity contribution is -0.154. The van der Waals surface area contributed by atoms with E-state index in [9.17, 15) is 4.79 Å². The maximum atomic E-state index is 11.4. The van der Waals surface area contributed by atoms with Crippen LogP contribution in [0, 0.1) is 0 Å². The van der Waals surface area contributed by atoms with Crippen LogP contribution in [-0.2, 0) is 16.0 Å². The van der Waals surface area contributed by atoms with Gasteiger partial charge >= 0.3 is 5.97 Å². The van der Waals surface area contributed by atoms with E-state index in [0.29, 0.717) is 12.8 Å². The van der Waals surface area contributed by atoms with Gasteiger partial charge in [0.05, 0.1) is 12.1 Å². The molecule has 0 amide bonds. The van der Waals surface area contributed by atoms with Gasteiger partial charge in [-0.2, -0.15) is 10.2 Å². The van der Waals surface area contributed by atoms with Crippen LogP contribution in [0.15, 0.2) is 18.3 Å². The molecule has 0 aliphatic carbocycles. The molecule has 0 aliphatic heterocycles. The number of ether oxygens (including phenoxy) is 1. The summed E-state index contributed by atoms with van der Waals surface area (Å²) in [5.41, 5.74) is 0.391. The summed E-state index contributed by atoms with van der Waals surface area (Å²) in [5.74, 6) is -0.201. The summed E-state index contributed by atoms with van der Waals surface area (Å²) >= 11 is 0. The van der Waals surface area contributed by atoms with Crippen LogP contribution in [0.2, 0.25) is 0 Å². The summed E-state index contributed by atoms with van der Waals surface area (Å²) in [6.07, 6.45) is 2.52. The Kier molecular flexibility index (Phi) is 3.77. The van der Waals surface area contributed by atoms with Gasteiger partial charge in [0.25, 0.3) is 0 Å². The van der Waals surface area contributed by atoms with Gasteiger partial charge in [0, 0.05) is 12.6 Å². The second kappa shape index (κ2) is 4.87. The molecular weight excluding hydrogens is 192 g/mol. The van der Waals surface area contributed by atoms with Gasteiger partial charge in [0.1, 0.15) is 5.60 Å². The smallest absolute Gasteiger partial charge is 0.306 e. The van der Waals surface area contributed by atoms with Crippen molar-refractivity contribution in [2.75, 3.05) is 0 Å². The highest BCUT2D eigenvalue weighted by Crippen LogP contribution is 2.09. The van der Waals surface area contributed by atoms with Crippen molar-refractivity contribution < 1.29 is 9.53 Å². The summed E-state index contributed by atoms with van der Waals surface area (Å²) in [6, 6.07) is 3.65. The molecule has 0 spiro atoms. The number of hydrogen-bond donors (Lipinski definition) is 0. The Morgan fingerprint density at radius 3 is 2.73 bits per heavy atom. The Morgan fingerprint density at radius 2 is 2.20 bits per heavy atom. The van der Waals surface area contributed by atoms with Gasteiger partial charge in [-0.15, -0.1) is 0 Å². The summed E-state index contributed by atoms with van der Waals surface area (Å²) in [6.45, 7) is 5.56. The number of esters is 1. The van der Waals surface area contributed by atoms with E-state index in [1.54, 1.807) is 12.3 Å². The maximum Gasteiger partial charge on any atom is 0.306 e. The predicted octanol–water partition coefficient (Wildman–Crippen LogP) is 1.75. The molecule has 4 nitrogen and oxygen atoms in total. The van der Waals surface area contributed by atoms with E-state index < -0.39 is 5.60 Å². The van der Waals surface area contributed by atoms with Crippen molar-refractivity contribution in [2.24, 2.45) is 0 Å². The Bertz CT molecular complexity index is 317. The van der Waals surface area contributed by atoms with Crippen LogP contribution in [-0.4, -0.2) is 21.8 Å². The van der Waals surface area contributed by atoms with Crippen LogP contribution in [0.25, 0.3) is 0 Å². The Morgan fingerprint density at radius 1 is 1.47 bits per heavy atom. The average molecular weight is 208 g/mol. The largest absolute Gasteiger partial charge is 0.460 e. The maximum absolute atomic E-state index is 11.4. The minimum absolute atomic E-state index is 0.201. The molecule has 82 valence electrons. The van der Waals surface area contributed by atoms with Crippen molar-refractivity contribution in [3.8, 4) is 0 Å². The number of carbonyl (C=O) groups is 1. The van der Waals surface area contributed by atoms with Gasteiger partial charge in [-0.3, -0.25) is 4.79 Å². The lowest BCUT2D eigenvalue weighted by Crippen LogP contribution is -2.24. The zero-order valence-electron chi connectivity index (χ0n) is 9.36. The highest BCUT2D eigenvalue weighted by atomic mass is 16.6. The van der Waals surface area contributed by atoms with E-state index in [0.717, 1.165) is 5.69 Å². The minimum Gasteiger partial charge on any atom is -0.460 e. The van der Waals surface area contributed by atoms with Crippen LogP contribution in [0.3, 0.4) is 0 Å². The summed E-state index contributed by atoms with van der Waals surface area (Å²) < 4.78 is 5.17. The molecular formula is C11H16N2O2. The lowest BCUT2D eigenvalue weighted by atomic mass is 10.2. The summed E-state index contributed by atoms with van der Waals surface area (Å²) in [5, 5.41) is 7.62. The first kappa shape index (κ1) is 11.6. The molecule has 15 heavy (non-hydrogen) atoms. The highest BCUT2D eigenvalue weighted by Gasteiger charge is 2.15. The fourth-order valence-corrected chi connectivity index (χ4v) is 1.09. The van der Waals surface area contributed by atoms with Gasteiger partial charge in [0.2, 0.25) is 0 Å². The summed E-state index contributed by atoms with van der Waals surface area (Å²) in [4.78, 5) is 11.4. The molecule has 0 saturated carbocycles. The molecule has 0 N–H and O–H groups in total. The molecule has 0 bridgehead atoms. The van der Waals surface area contributed by atoms with Crippen LogP contribution < -0.4 is 0 Å². The van der Waals surface area contributed by atoms with E-state index in [1.807, 2.05) is 26.8 Å². The first-order valence-electron chi connectivity index (χ1n) is 4.96. The standard InChI is InChI=1S/C11H16N2O2/c1-11(2,3)15-10(14)7-6-9-5-4-8-12-13-9/h4-5,8H,6-7H2,1-3H3. The van der Waals surface area contributed by atoms with Gasteiger partial charge in [-0.25, -0.2) is 0 Å². The SMILES string of the molecule is CC(C)(C)OC(=O)CCc1cccnn1. The molecule has 0 unspecified atom stereocenters. The topological polar surface area (TPSA) is 52.1 Å². The van der Waals surface area contributed by atoms with Gasteiger partial charge in [0.15, 0.2) is 0 Å². The zero-order chi connectivity index (χ0) is 11.3. The van der Waals surface area contributed by atoms with Crippen LogP contribution in [0.1, 0.15) is 32.9 Å². The van der Waals surface area contributed by atoms with Crippen molar-refractivity contribution in [2.45, 2.75) is 39.2 Å². The van der Waals surface area contributed by atoms with Crippen molar-refractivity contribution in [3.63, 3.8) is 0 Å². The number of rotatable bonds is 3. The number of aromatic nitrogens is 2. The Hall–Kier alpha value is -1.45.